The number of anilines is 1. The van der Waals surface area contributed by atoms with Crippen LogP contribution >= 0.6 is 0 Å². The highest BCUT2D eigenvalue weighted by Gasteiger charge is 2.26. The number of hydrogen-bond acceptors (Lipinski definition) is 7. The lowest BCUT2D eigenvalue weighted by Crippen LogP contribution is -2.35. The van der Waals surface area contributed by atoms with Crippen LogP contribution in [0.2, 0.25) is 0 Å². The largest absolute Gasteiger partial charge is 0.490 e. The van der Waals surface area contributed by atoms with Crippen molar-refractivity contribution in [3.05, 3.63) is 48.0 Å². The first kappa shape index (κ1) is 23.1. The van der Waals surface area contributed by atoms with Gasteiger partial charge < -0.3 is 19.5 Å². The second-order valence-corrected chi connectivity index (χ2v) is 9.77. The summed E-state index contributed by atoms with van der Waals surface area (Å²) in [6.45, 7) is 1.51. The Morgan fingerprint density at radius 1 is 0.939 bits per heavy atom. The van der Waals surface area contributed by atoms with Gasteiger partial charge in [-0.05, 0) is 43.2 Å². The number of nitrogens with zero attached hydrogens (tertiary/aromatic N) is 1. The van der Waals surface area contributed by atoms with Gasteiger partial charge in [-0.15, -0.1) is 0 Å². The molecule has 0 aromatic heterocycles. The summed E-state index contributed by atoms with van der Waals surface area (Å²) >= 11 is 0. The molecule has 0 unspecified atom stereocenters. The Morgan fingerprint density at radius 2 is 1.70 bits per heavy atom. The average Bonchev–Trinajstić information content (AvgIpc) is 3.08. The van der Waals surface area contributed by atoms with Gasteiger partial charge in [-0.1, -0.05) is 12.5 Å². The van der Waals surface area contributed by atoms with Crippen LogP contribution < -0.4 is 14.8 Å². The van der Waals surface area contributed by atoms with Gasteiger partial charge in [-0.2, -0.15) is 4.31 Å². The average molecular weight is 475 g/mol. The molecule has 0 atom stereocenters. The van der Waals surface area contributed by atoms with Crippen LogP contribution in [0.4, 0.5) is 5.69 Å². The quantitative estimate of drug-likeness (QED) is 0.641. The van der Waals surface area contributed by atoms with Crippen LogP contribution in [0.5, 0.6) is 11.5 Å². The summed E-state index contributed by atoms with van der Waals surface area (Å²) in [5.41, 5.74) is 0.548. The van der Waals surface area contributed by atoms with Crippen molar-refractivity contribution in [3.8, 4) is 11.5 Å². The summed E-state index contributed by atoms with van der Waals surface area (Å²) in [6.07, 6.45) is 3.42. The minimum atomic E-state index is -3.68. The number of hydrogen-bond donors (Lipinski definition) is 1. The van der Waals surface area contributed by atoms with E-state index in [1.54, 1.807) is 18.2 Å². The fraction of sp³-hybridized carbons (Fsp3) is 0.391. The molecular formula is C23H26N2O7S. The number of amides is 1. The van der Waals surface area contributed by atoms with Crippen molar-refractivity contribution in [2.24, 2.45) is 0 Å². The van der Waals surface area contributed by atoms with Crippen molar-refractivity contribution in [2.75, 3.05) is 38.2 Å². The molecule has 0 saturated carbocycles. The molecule has 0 bridgehead atoms. The van der Waals surface area contributed by atoms with Crippen LogP contribution in [0, 0.1) is 0 Å². The number of rotatable bonds is 6. The van der Waals surface area contributed by atoms with Gasteiger partial charge in [0.05, 0.1) is 23.7 Å². The molecule has 10 heteroatoms. The van der Waals surface area contributed by atoms with Gasteiger partial charge in [0, 0.05) is 31.3 Å². The maximum Gasteiger partial charge on any atom is 0.338 e. The van der Waals surface area contributed by atoms with E-state index in [1.165, 1.54) is 28.6 Å². The van der Waals surface area contributed by atoms with Crippen LogP contribution in [0.1, 0.15) is 36.0 Å². The molecule has 1 N–H and O–H groups in total. The maximum absolute atomic E-state index is 12.8. The zero-order valence-electron chi connectivity index (χ0n) is 18.1. The summed E-state index contributed by atoms with van der Waals surface area (Å²) in [4.78, 5) is 24.7. The molecule has 33 heavy (non-hydrogen) atoms. The number of sulfonamides is 1. The first-order valence-electron chi connectivity index (χ1n) is 10.9. The number of carbonyl (C=O) groups is 2. The molecule has 9 nitrogen and oxygen atoms in total. The van der Waals surface area contributed by atoms with E-state index < -0.39 is 28.5 Å². The lowest BCUT2D eigenvalue weighted by atomic mass is 10.2. The van der Waals surface area contributed by atoms with Gasteiger partial charge in [-0.25, -0.2) is 13.2 Å². The molecule has 0 spiro atoms. The predicted octanol–water partition coefficient (Wildman–Crippen LogP) is 2.82. The Labute approximate surface area is 192 Å². The van der Waals surface area contributed by atoms with Gasteiger partial charge >= 0.3 is 5.97 Å². The topological polar surface area (TPSA) is 111 Å². The number of ether oxygens (including phenoxy) is 3. The molecule has 0 radical (unpaired) electrons. The summed E-state index contributed by atoms with van der Waals surface area (Å²) in [7, 11) is -3.68. The SMILES string of the molecule is O=C(COC(=O)c1cccc(S(=O)(=O)N2CCCCC2)c1)Nc1ccc2c(c1)OCCCO2. The Bertz CT molecular complexity index is 1130. The third kappa shape index (κ3) is 5.63. The van der Waals surface area contributed by atoms with E-state index in [-0.39, 0.29) is 10.5 Å². The zero-order chi connectivity index (χ0) is 23.3. The molecule has 2 heterocycles. The number of piperidine rings is 1. The molecule has 4 rings (SSSR count). The van der Waals surface area contributed by atoms with E-state index >= 15 is 0 Å². The number of nitrogens with one attached hydrogen (secondary N) is 1. The van der Waals surface area contributed by atoms with E-state index in [0.717, 1.165) is 25.7 Å². The number of benzene rings is 2. The van der Waals surface area contributed by atoms with Crippen molar-refractivity contribution in [1.29, 1.82) is 0 Å². The molecule has 1 saturated heterocycles. The second kappa shape index (κ2) is 10.2. The lowest BCUT2D eigenvalue weighted by Gasteiger charge is -2.25. The molecule has 2 aromatic rings. The summed E-state index contributed by atoms with van der Waals surface area (Å²) in [6, 6.07) is 10.7. The lowest BCUT2D eigenvalue weighted by molar-refractivity contribution is -0.119. The fourth-order valence-corrected chi connectivity index (χ4v) is 5.25. The first-order chi connectivity index (χ1) is 15.9. The smallest absolute Gasteiger partial charge is 0.338 e. The normalized spacial score (nSPS) is 16.5. The molecule has 176 valence electrons. The van der Waals surface area contributed by atoms with Crippen molar-refractivity contribution in [2.45, 2.75) is 30.6 Å². The van der Waals surface area contributed by atoms with E-state index in [0.29, 0.717) is 43.5 Å². The minimum Gasteiger partial charge on any atom is -0.490 e. The van der Waals surface area contributed by atoms with E-state index in [2.05, 4.69) is 5.32 Å². The van der Waals surface area contributed by atoms with Gasteiger partial charge in [0.1, 0.15) is 0 Å². The van der Waals surface area contributed by atoms with Crippen molar-refractivity contribution in [3.63, 3.8) is 0 Å². The van der Waals surface area contributed by atoms with Crippen LogP contribution in [0.25, 0.3) is 0 Å². The molecular weight excluding hydrogens is 448 g/mol. The third-order valence-electron chi connectivity index (χ3n) is 5.39. The Kier molecular flexibility index (Phi) is 7.14. The van der Waals surface area contributed by atoms with Gasteiger partial charge in [0.25, 0.3) is 5.91 Å². The van der Waals surface area contributed by atoms with Gasteiger partial charge in [0.15, 0.2) is 18.1 Å². The Balaban J connectivity index is 1.35. The van der Waals surface area contributed by atoms with Crippen molar-refractivity contribution < 1.29 is 32.2 Å². The molecule has 1 fully saturated rings. The summed E-state index contributed by atoms with van der Waals surface area (Å²) in [5, 5.41) is 2.64. The van der Waals surface area contributed by atoms with E-state index in [1.807, 2.05) is 0 Å². The number of fused-ring (bicyclic) bond motifs is 1. The Hall–Kier alpha value is -3.11. The highest BCUT2D eigenvalue weighted by molar-refractivity contribution is 7.89. The number of esters is 1. The van der Waals surface area contributed by atoms with Gasteiger partial charge in [-0.3, -0.25) is 4.79 Å². The second-order valence-electron chi connectivity index (χ2n) is 7.83. The third-order valence-corrected chi connectivity index (χ3v) is 7.28. The summed E-state index contributed by atoms with van der Waals surface area (Å²) in [5.74, 6) is -0.167. The molecule has 2 aromatic carbocycles. The highest BCUT2D eigenvalue weighted by atomic mass is 32.2. The monoisotopic (exact) mass is 474 g/mol. The van der Waals surface area contributed by atoms with Crippen LogP contribution in [-0.2, 0) is 19.6 Å². The molecule has 2 aliphatic heterocycles. The van der Waals surface area contributed by atoms with Gasteiger partial charge in [0.2, 0.25) is 10.0 Å². The standard InChI is InChI=1S/C23H26N2O7S/c26-22(24-18-8-9-20-21(15-18)31-13-5-12-30-20)16-32-23(27)17-6-4-7-19(14-17)33(28,29)25-10-2-1-3-11-25/h4,6-9,14-15H,1-3,5,10-13,16H2,(H,24,26). The van der Waals surface area contributed by atoms with Crippen LogP contribution in [-0.4, -0.2) is 57.5 Å². The van der Waals surface area contributed by atoms with Crippen LogP contribution in [0.15, 0.2) is 47.4 Å². The molecule has 0 aliphatic carbocycles. The van der Waals surface area contributed by atoms with Crippen molar-refractivity contribution >= 4 is 27.6 Å². The zero-order valence-corrected chi connectivity index (χ0v) is 18.9. The maximum atomic E-state index is 12.8. The van der Waals surface area contributed by atoms with Crippen molar-refractivity contribution in [1.82, 2.24) is 4.31 Å². The summed E-state index contributed by atoms with van der Waals surface area (Å²) < 4.78 is 43.4. The van der Waals surface area contributed by atoms with Crippen LogP contribution in [0.3, 0.4) is 0 Å². The molecule has 2 aliphatic rings. The highest BCUT2D eigenvalue weighted by Crippen LogP contribution is 2.32. The number of carbonyl (C=O) groups excluding carboxylic acids is 2. The minimum absolute atomic E-state index is 0.0375. The predicted molar refractivity (Wildman–Crippen MR) is 120 cm³/mol. The molecule has 1 amide bonds. The van der Waals surface area contributed by atoms with E-state index in [9.17, 15) is 18.0 Å². The van der Waals surface area contributed by atoms with E-state index in [4.69, 9.17) is 14.2 Å². The Morgan fingerprint density at radius 3 is 2.48 bits per heavy atom. The fourth-order valence-electron chi connectivity index (χ4n) is 3.69. The first-order valence-corrected chi connectivity index (χ1v) is 12.3.